The SMILES string of the molecule is CCC1CCCN1C(=O)Nc1ccc(C)c(C(=O)O)c1. The molecule has 2 N–H and O–H groups in total. The van der Waals surface area contributed by atoms with Crippen molar-refractivity contribution < 1.29 is 14.7 Å². The Hall–Kier alpha value is -2.04. The van der Waals surface area contributed by atoms with Crippen molar-refractivity contribution in [1.29, 1.82) is 0 Å². The Morgan fingerprint density at radius 1 is 1.45 bits per heavy atom. The summed E-state index contributed by atoms with van der Waals surface area (Å²) < 4.78 is 0. The van der Waals surface area contributed by atoms with Gasteiger partial charge in [-0.3, -0.25) is 0 Å². The highest BCUT2D eigenvalue weighted by molar-refractivity contribution is 5.94. The van der Waals surface area contributed by atoms with E-state index in [9.17, 15) is 9.59 Å². The minimum Gasteiger partial charge on any atom is -0.478 e. The first-order chi connectivity index (χ1) is 9.52. The smallest absolute Gasteiger partial charge is 0.336 e. The van der Waals surface area contributed by atoms with E-state index in [1.165, 1.54) is 6.07 Å². The highest BCUT2D eigenvalue weighted by atomic mass is 16.4. The molecule has 1 aliphatic heterocycles. The lowest BCUT2D eigenvalue weighted by atomic mass is 10.1. The van der Waals surface area contributed by atoms with Gasteiger partial charge in [-0.25, -0.2) is 9.59 Å². The third-order valence-electron chi connectivity index (χ3n) is 3.83. The number of carboxylic acids is 1. The van der Waals surface area contributed by atoms with E-state index in [1.807, 2.05) is 4.90 Å². The molecule has 1 fully saturated rings. The minimum absolute atomic E-state index is 0.144. The zero-order chi connectivity index (χ0) is 14.7. The molecule has 0 aromatic heterocycles. The normalized spacial score (nSPS) is 18.1. The summed E-state index contributed by atoms with van der Waals surface area (Å²) in [6.07, 6.45) is 3.01. The number of likely N-dealkylation sites (tertiary alicyclic amines) is 1. The van der Waals surface area contributed by atoms with Gasteiger partial charge in [0, 0.05) is 18.3 Å². The summed E-state index contributed by atoms with van der Waals surface area (Å²) >= 11 is 0. The molecule has 0 radical (unpaired) electrons. The number of carbonyl (C=O) groups excluding carboxylic acids is 1. The van der Waals surface area contributed by atoms with Crippen LogP contribution in [0.25, 0.3) is 0 Å². The van der Waals surface area contributed by atoms with Gasteiger partial charge in [-0.1, -0.05) is 13.0 Å². The molecule has 0 spiro atoms. The van der Waals surface area contributed by atoms with Gasteiger partial charge in [0.25, 0.3) is 0 Å². The number of anilines is 1. The van der Waals surface area contributed by atoms with Crippen LogP contribution in [0.2, 0.25) is 0 Å². The Balaban J connectivity index is 2.12. The molecule has 1 atom stereocenters. The summed E-state index contributed by atoms with van der Waals surface area (Å²) in [5.74, 6) is -0.980. The Morgan fingerprint density at radius 3 is 2.85 bits per heavy atom. The standard InChI is InChI=1S/C15H20N2O3/c1-3-12-5-4-8-17(12)15(20)16-11-7-6-10(2)13(9-11)14(18)19/h6-7,9,12H,3-5,8H2,1-2H3,(H,16,20)(H,18,19). The molecular formula is C15H20N2O3. The Bertz CT molecular complexity index is 528. The summed E-state index contributed by atoms with van der Waals surface area (Å²) in [7, 11) is 0. The number of carboxylic acid groups (broad SMARTS) is 1. The van der Waals surface area contributed by atoms with Gasteiger partial charge < -0.3 is 15.3 Å². The molecule has 5 nitrogen and oxygen atoms in total. The van der Waals surface area contributed by atoms with E-state index >= 15 is 0 Å². The van der Waals surface area contributed by atoms with E-state index in [0.717, 1.165) is 25.8 Å². The van der Waals surface area contributed by atoms with Crippen molar-refractivity contribution in [3.8, 4) is 0 Å². The van der Waals surface area contributed by atoms with Crippen LogP contribution >= 0.6 is 0 Å². The van der Waals surface area contributed by atoms with E-state index in [0.29, 0.717) is 17.3 Å². The van der Waals surface area contributed by atoms with E-state index in [-0.39, 0.29) is 11.6 Å². The first-order valence-corrected chi connectivity index (χ1v) is 6.94. The van der Waals surface area contributed by atoms with Gasteiger partial charge in [0.15, 0.2) is 0 Å². The molecule has 108 valence electrons. The van der Waals surface area contributed by atoms with Crippen LogP contribution in [0.3, 0.4) is 0 Å². The largest absolute Gasteiger partial charge is 0.478 e. The van der Waals surface area contributed by atoms with Crippen molar-refractivity contribution in [1.82, 2.24) is 4.90 Å². The highest BCUT2D eigenvalue weighted by Crippen LogP contribution is 2.22. The van der Waals surface area contributed by atoms with Crippen LogP contribution in [0.4, 0.5) is 10.5 Å². The van der Waals surface area contributed by atoms with Gasteiger partial charge in [-0.2, -0.15) is 0 Å². The van der Waals surface area contributed by atoms with Gasteiger partial charge >= 0.3 is 12.0 Å². The fraction of sp³-hybridized carbons (Fsp3) is 0.467. The van der Waals surface area contributed by atoms with Crippen molar-refractivity contribution in [3.63, 3.8) is 0 Å². The van der Waals surface area contributed by atoms with E-state index in [1.54, 1.807) is 19.1 Å². The number of nitrogens with zero attached hydrogens (tertiary/aromatic N) is 1. The third-order valence-corrected chi connectivity index (χ3v) is 3.83. The number of aromatic carboxylic acids is 1. The van der Waals surface area contributed by atoms with E-state index in [2.05, 4.69) is 12.2 Å². The number of carbonyl (C=O) groups is 2. The molecular weight excluding hydrogens is 256 g/mol. The number of benzene rings is 1. The highest BCUT2D eigenvalue weighted by Gasteiger charge is 2.27. The molecule has 1 aliphatic rings. The molecule has 0 saturated carbocycles. The van der Waals surface area contributed by atoms with Crippen LogP contribution in [-0.2, 0) is 0 Å². The predicted molar refractivity (Wildman–Crippen MR) is 77.2 cm³/mol. The molecule has 20 heavy (non-hydrogen) atoms. The first-order valence-electron chi connectivity index (χ1n) is 6.94. The molecule has 2 amide bonds. The predicted octanol–water partition coefficient (Wildman–Crippen LogP) is 3.10. The second-order valence-electron chi connectivity index (χ2n) is 5.16. The number of urea groups is 1. The van der Waals surface area contributed by atoms with Gasteiger partial charge in [-0.15, -0.1) is 0 Å². The second kappa shape index (κ2) is 5.94. The van der Waals surface area contributed by atoms with Crippen LogP contribution in [-0.4, -0.2) is 34.6 Å². The average molecular weight is 276 g/mol. The number of hydrogen-bond acceptors (Lipinski definition) is 2. The lowest BCUT2D eigenvalue weighted by molar-refractivity contribution is 0.0696. The topological polar surface area (TPSA) is 69.6 Å². The van der Waals surface area contributed by atoms with Crippen molar-refractivity contribution in [2.75, 3.05) is 11.9 Å². The van der Waals surface area contributed by atoms with Gasteiger partial charge in [-0.05, 0) is 43.9 Å². The average Bonchev–Trinajstić information content (AvgIpc) is 2.89. The second-order valence-corrected chi connectivity index (χ2v) is 5.16. The molecule has 1 aromatic rings. The van der Waals surface area contributed by atoms with Crippen LogP contribution in [0.1, 0.15) is 42.1 Å². The van der Waals surface area contributed by atoms with Crippen molar-refractivity contribution in [2.24, 2.45) is 0 Å². The number of rotatable bonds is 3. The molecule has 1 saturated heterocycles. The molecule has 0 bridgehead atoms. The van der Waals surface area contributed by atoms with E-state index < -0.39 is 5.97 Å². The zero-order valence-electron chi connectivity index (χ0n) is 11.8. The maximum Gasteiger partial charge on any atom is 0.336 e. The van der Waals surface area contributed by atoms with Crippen molar-refractivity contribution in [3.05, 3.63) is 29.3 Å². The summed E-state index contributed by atoms with van der Waals surface area (Å²) in [5, 5.41) is 11.9. The molecule has 2 rings (SSSR count). The lowest BCUT2D eigenvalue weighted by Gasteiger charge is -2.24. The summed E-state index contributed by atoms with van der Waals surface area (Å²) in [6.45, 7) is 4.58. The Morgan fingerprint density at radius 2 is 2.20 bits per heavy atom. The summed E-state index contributed by atoms with van der Waals surface area (Å²) in [5.41, 5.74) is 1.43. The van der Waals surface area contributed by atoms with Crippen LogP contribution < -0.4 is 5.32 Å². The summed E-state index contributed by atoms with van der Waals surface area (Å²) in [6, 6.07) is 5.10. The first kappa shape index (κ1) is 14.4. The Kier molecular flexibility index (Phi) is 4.27. The number of amides is 2. The van der Waals surface area contributed by atoms with Gasteiger partial charge in [0.05, 0.1) is 5.56 Å². The van der Waals surface area contributed by atoms with Crippen LogP contribution in [0.5, 0.6) is 0 Å². The zero-order valence-corrected chi connectivity index (χ0v) is 11.8. The van der Waals surface area contributed by atoms with Crippen molar-refractivity contribution in [2.45, 2.75) is 39.2 Å². The Labute approximate surface area is 118 Å². The third kappa shape index (κ3) is 2.92. The fourth-order valence-corrected chi connectivity index (χ4v) is 2.65. The fourth-order valence-electron chi connectivity index (χ4n) is 2.65. The monoisotopic (exact) mass is 276 g/mol. The molecule has 1 aromatic carbocycles. The quantitative estimate of drug-likeness (QED) is 0.891. The van der Waals surface area contributed by atoms with Crippen LogP contribution in [0.15, 0.2) is 18.2 Å². The molecule has 0 aliphatic carbocycles. The molecule has 1 unspecified atom stereocenters. The van der Waals surface area contributed by atoms with Gasteiger partial charge in [0.2, 0.25) is 0 Å². The molecule has 5 heteroatoms. The number of nitrogens with one attached hydrogen (secondary N) is 1. The maximum atomic E-state index is 12.2. The molecule has 1 heterocycles. The van der Waals surface area contributed by atoms with Gasteiger partial charge in [0.1, 0.15) is 0 Å². The number of hydrogen-bond donors (Lipinski definition) is 2. The maximum absolute atomic E-state index is 12.2. The van der Waals surface area contributed by atoms with Crippen molar-refractivity contribution >= 4 is 17.7 Å². The summed E-state index contributed by atoms with van der Waals surface area (Å²) in [4.78, 5) is 25.1. The van der Waals surface area contributed by atoms with Crippen LogP contribution in [0, 0.1) is 6.92 Å². The van der Waals surface area contributed by atoms with E-state index in [4.69, 9.17) is 5.11 Å². The number of aryl methyl sites for hydroxylation is 1. The lowest BCUT2D eigenvalue weighted by Crippen LogP contribution is -2.38. The minimum atomic E-state index is -0.980.